The minimum Gasteiger partial charge on any atom is -0.454 e. The van der Waals surface area contributed by atoms with E-state index in [-0.39, 0.29) is 29.2 Å². The maximum absolute atomic E-state index is 13.9. The average molecular weight is 452 g/mol. The molecule has 1 aromatic heterocycles. The number of rotatable bonds is 5. The third kappa shape index (κ3) is 4.30. The molecule has 4 N–H and O–H groups in total. The van der Waals surface area contributed by atoms with Gasteiger partial charge in [0, 0.05) is 17.7 Å². The van der Waals surface area contributed by atoms with Crippen LogP contribution in [-0.4, -0.2) is 33.2 Å². The van der Waals surface area contributed by atoms with E-state index in [4.69, 9.17) is 16.2 Å². The van der Waals surface area contributed by atoms with Crippen LogP contribution in [0.4, 0.5) is 14.6 Å². The van der Waals surface area contributed by atoms with Gasteiger partial charge in [-0.3, -0.25) is 4.79 Å². The zero-order chi connectivity index (χ0) is 23.7. The van der Waals surface area contributed by atoms with E-state index in [0.717, 1.165) is 25.0 Å². The number of aromatic nitrogens is 2. The maximum atomic E-state index is 13.9. The number of carbonyl (C=O) groups is 1. The molecule has 1 aliphatic heterocycles. The summed E-state index contributed by atoms with van der Waals surface area (Å²) in [7, 11) is 0. The number of primary amides is 1. The lowest BCUT2D eigenvalue weighted by Crippen LogP contribution is -2.39. The second-order valence-corrected chi connectivity index (χ2v) is 7.95. The number of ether oxygens (including phenoxy) is 1. The van der Waals surface area contributed by atoms with E-state index in [0.29, 0.717) is 23.6 Å². The fraction of sp³-hybridized carbons (Fsp3) is 0.261. The van der Waals surface area contributed by atoms with Gasteiger partial charge in [-0.05, 0) is 56.2 Å². The van der Waals surface area contributed by atoms with Gasteiger partial charge in [-0.25, -0.2) is 13.5 Å². The van der Waals surface area contributed by atoms with E-state index < -0.39 is 17.5 Å². The second kappa shape index (κ2) is 8.78. The Kier molecular flexibility index (Phi) is 5.87. The Morgan fingerprint density at radius 3 is 2.58 bits per heavy atom. The molecule has 170 valence electrons. The Bertz CT molecular complexity index is 1230. The van der Waals surface area contributed by atoms with Crippen LogP contribution in [0.5, 0.6) is 11.5 Å². The first-order valence-corrected chi connectivity index (χ1v) is 10.4. The van der Waals surface area contributed by atoms with Crippen molar-refractivity contribution < 1.29 is 18.3 Å². The average Bonchev–Trinajstić information content (AvgIpc) is 3.14. The lowest BCUT2D eigenvalue weighted by Gasteiger charge is -2.34. The topological polar surface area (TPSA) is 123 Å². The Morgan fingerprint density at radius 1 is 1.21 bits per heavy atom. The molecular formula is C23H22F2N6O2. The van der Waals surface area contributed by atoms with Gasteiger partial charge in [0.15, 0.2) is 17.8 Å². The van der Waals surface area contributed by atoms with Crippen molar-refractivity contribution in [2.24, 2.45) is 5.73 Å². The molecule has 1 saturated heterocycles. The van der Waals surface area contributed by atoms with Crippen molar-refractivity contribution in [3.05, 3.63) is 59.7 Å². The number of anilines is 1. The Labute approximate surface area is 189 Å². The number of nitrogen functional groups attached to an aromatic ring is 1. The lowest BCUT2D eigenvalue weighted by atomic mass is 10.00. The summed E-state index contributed by atoms with van der Waals surface area (Å²) >= 11 is 0. The van der Waals surface area contributed by atoms with Crippen LogP contribution in [0.25, 0.3) is 11.3 Å². The molecule has 3 aromatic rings. The van der Waals surface area contributed by atoms with Crippen LogP contribution >= 0.6 is 0 Å². The third-order valence-electron chi connectivity index (χ3n) is 5.77. The van der Waals surface area contributed by atoms with Crippen LogP contribution in [-0.2, 0) is 0 Å². The predicted octanol–water partition coefficient (Wildman–Crippen LogP) is 3.81. The lowest BCUT2D eigenvalue weighted by molar-refractivity contribution is 0.100. The highest BCUT2D eigenvalue weighted by atomic mass is 19.1. The van der Waals surface area contributed by atoms with Crippen LogP contribution in [0, 0.1) is 23.1 Å². The van der Waals surface area contributed by atoms with E-state index in [1.54, 1.807) is 33.8 Å². The summed E-state index contributed by atoms with van der Waals surface area (Å²) in [5, 5.41) is 13.9. The highest BCUT2D eigenvalue weighted by Gasteiger charge is 2.30. The van der Waals surface area contributed by atoms with Gasteiger partial charge in [-0.1, -0.05) is 0 Å². The fourth-order valence-electron chi connectivity index (χ4n) is 3.96. The first-order valence-electron chi connectivity index (χ1n) is 10.4. The number of likely N-dealkylation sites (tertiary alicyclic amines) is 1. The zero-order valence-corrected chi connectivity index (χ0v) is 17.8. The number of hydrogen-bond acceptors (Lipinski definition) is 6. The summed E-state index contributed by atoms with van der Waals surface area (Å²) in [5.41, 5.74) is 12.8. The smallest absolute Gasteiger partial charge is 0.254 e. The van der Waals surface area contributed by atoms with Crippen molar-refractivity contribution in [1.29, 1.82) is 5.26 Å². The van der Waals surface area contributed by atoms with Crippen LogP contribution in [0.15, 0.2) is 42.5 Å². The maximum Gasteiger partial charge on any atom is 0.254 e. The molecule has 0 bridgehead atoms. The van der Waals surface area contributed by atoms with Gasteiger partial charge in [0.05, 0.1) is 12.6 Å². The fourth-order valence-corrected chi connectivity index (χ4v) is 3.96. The summed E-state index contributed by atoms with van der Waals surface area (Å²) in [4.78, 5) is 13.9. The molecule has 1 aliphatic rings. The molecule has 1 fully saturated rings. The molecule has 2 aromatic carbocycles. The first-order chi connectivity index (χ1) is 15.8. The van der Waals surface area contributed by atoms with Crippen molar-refractivity contribution in [2.45, 2.75) is 31.8 Å². The number of nitrogens with two attached hydrogens (primary N) is 2. The predicted molar refractivity (Wildman–Crippen MR) is 117 cm³/mol. The van der Waals surface area contributed by atoms with Gasteiger partial charge in [0.2, 0.25) is 0 Å². The van der Waals surface area contributed by atoms with Gasteiger partial charge >= 0.3 is 0 Å². The van der Waals surface area contributed by atoms with Crippen LogP contribution in [0.2, 0.25) is 0 Å². The Balaban J connectivity index is 1.64. The van der Waals surface area contributed by atoms with Gasteiger partial charge in [-0.2, -0.15) is 10.4 Å². The Morgan fingerprint density at radius 2 is 1.94 bits per heavy atom. The number of nitriles is 1. The van der Waals surface area contributed by atoms with Crippen LogP contribution < -0.4 is 16.2 Å². The minimum atomic E-state index is -0.824. The van der Waals surface area contributed by atoms with E-state index in [1.807, 2.05) is 6.92 Å². The number of hydrogen-bond donors (Lipinski definition) is 2. The summed E-state index contributed by atoms with van der Waals surface area (Å²) in [5.74, 6) is -1.91. The van der Waals surface area contributed by atoms with Gasteiger partial charge in [0.25, 0.3) is 5.91 Å². The number of piperidine rings is 1. The quantitative estimate of drug-likeness (QED) is 0.568. The molecular weight excluding hydrogens is 430 g/mol. The van der Waals surface area contributed by atoms with E-state index in [2.05, 4.69) is 11.3 Å². The van der Waals surface area contributed by atoms with Crippen LogP contribution in [0.3, 0.4) is 0 Å². The normalized spacial score (nSPS) is 18.1. The highest BCUT2D eigenvalue weighted by molar-refractivity contribution is 6.03. The van der Waals surface area contributed by atoms with E-state index in [1.165, 1.54) is 6.07 Å². The van der Waals surface area contributed by atoms with E-state index >= 15 is 0 Å². The largest absolute Gasteiger partial charge is 0.454 e. The molecule has 0 aliphatic carbocycles. The van der Waals surface area contributed by atoms with Crippen LogP contribution in [0.1, 0.15) is 36.2 Å². The van der Waals surface area contributed by atoms with Gasteiger partial charge in [0.1, 0.15) is 28.6 Å². The van der Waals surface area contributed by atoms with E-state index in [9.17, 15) is 18.8 Å². The first kappa shape index (κ1) is 22.1. The van der Waals surface area contributed by atoms with Gasteiger partial charge in [-0.15, -0.1) is 0 Å². The standard InChI is InChI=1S/C23H22F2N6O2/c1-13-2-6-16(11-30(13)12-26)31-22(27)20(23(28)32)21(29-31)14-3-7-17(8-4-14)33-19-9-5-15(24)10-18(19)25/h3-5,7-10,13,16H,2,6,11,27H2,1H3,(H2,28,32)/t13-,16+/m0/s1. The number of carbonyl (C=O) groups excluding carboxylic acids is 1. The zero-order valence-electron chi connectivity index (χ0n) is 17.8. The molecule has 0 radical (unpaired) electrons. The summed E-state index contributed by atoms with van der Waals surface area (Å²) < 4.78 is 34.0. The molecule has 10 heteroatoms. The van der Waals surface area contributed by atoms with Crippen molar-refractivity contribution >= 4 is 11.7 Å². The molecule has 33 heavy (non-hydrogen) atoms. The third-order valence-corrected chi connectivity index (χ3v) is 5.77. The van der Waals surface area contributed by atoms with Crippen molar-refractivity contribution in [3.8, 4) is 28.9 Å². The molecule has 2 atom stereocenters. The molecule has 4 rings (SSSR count). The second-order valence-electron chi connectivity index (χ2n) is 7.95. The molecule has 0 unspecified atom stereocenters. The molecule has 1 amide bonds. The monoisotopic (exact) mass is 452 g/mol. The molecule has 0 spiro atoms. The van der Waals surface area contributed by atoms with Crippen molar-refractivity contribution in [3.63, 3.8) is 0 Å². The molecule has 2 heterocycles. The minimum absolute atomic E-state index is 0.0929. The SMILES string of the molecule is C[C@H]1CC[C@@H](n2nc(-c3ccc(Oc4ccc(F)cc4F)cc3)c(C(N)=O)c2N)CN1C#N. The molecule has 8 nitrogen and oxygen atoms in total. The number of benzene rings is 2. The van der Waals surface area contributed by atoms with Crippen molar-refractivity contribution in [1.82, 2.24) is 14.7 Å². The Hall–Kier alpha value is -4.13. The van der Waals surface area contributed by atoms with Crippen molar-refractivity contribution in [2.75, 3.05) is 12.3 Å². The molecule has 0 saturated carbocycles. The highest BCUT2D eigenvalue weighted by Crippen LogP contribution is 2.34. The summed E-state index contributed by atoms with van der Waals surface area (Å²) in [6, 6.07) is 9.38. The number of halogens is 2. The van der Waals surface area contributed by atoms with Gasteiger partial charge < -0.3 is 21.1 Å². The number of amides is 1. The summed E-state index contributed by atoms with van der Waals surface area (Å²) in [6.45, 7) is 2.41. The number of nitrogens with zero attached hydrogens (tertiary/aromatic N) is 4. The summed E-state index contributed by atoms with van der Waals surface area (Å²) in [6.07, 6.45) is 3.71.